The van der Waals surface area contributed by atoms with Gasteiger partial charge in [0, 0.05) is 66.8 Å². The van der Waals surface area contributed by atoms with E-state index in [2.05, 4.69) is 443 Å². The van der Waals surface area contributed by atoms with Crippen LogP contribution in [0.3, 0.4) is 0 Å². The quantitative estimate of drug-likeness (QED) is 0.154. The van der Waals surface area contributed by atoms with Crippen molar-refractivity contribution in [2.24, 2.45) is 0 Å². The SMILES string of the molecule is CC(C)(C)c1cc(-c2cc(C(C)(C)C)ccc2N2c3cc(-n4c5ccccc5c5ccccc54)ccc3B3c4ccc(-n5c6ccccc6c6cc7c(cc65)C5(c6ccccc6-c6ccccc65)c5ccccc5-7)cc4N(c4ccc(C(C)(C)C)cc4-c4cc(C(C)(C)C)cc(C(C)(C)C)c4)c4cc(C(C)(C)C)cc2c43)cc(C(C)(C)C)c1. The molecule has 0 saturated carbocycles. The molecule has 0 bridgehead atoms. The zero-order chi connectivity index (χ0) is 82.4. The maximum atomic E-state index is 2.76. The number of aromatic nitrogens is 2. The van der Waals surface area contributed by atoms with E-state index < -0.39 is 5.41 Å². The van der Waals surface area contributed by atoms with Crippen molar-refractivity contribution in [2.75, 3.05) is 9.80 Å². The minimum absolute atomic E-state index is 0.130. The van der Waals surface area contributed by atoms with Crippen molar-refractivity contribution in [3.63, 3.8) is 0 Å². The predicted octanol–water partition coefficient (Wildman–Crippen LogP) is 28.7. The molecule has 2 aliphatic carbocycles. The number of anilines is 6. The summed E-state index contributed by atoms with van der Waals surface area (Å²) in [5, 5.41) is 4.95. The fraction of sp³-hybridized carbons (Fsp3) is 0.257. The van der Waals surface area contributed by atoms with Crippen molar-refractivity contribution < 1.29 is 0 Å². The summed E-state index contributed by atoms with van der Waals surface area (Å²) in [6, 6.07) is 111. The molecule has 0 N–H and O–H groups in total. The van der Waals surface area contributed by atoms with Gasteiger partial charge in [-0.3, -0.25) is 0 Å². The number of hydrogen-bond donors (Lipinski definition) is 0. The molecule has 14 aromatic carbocycles. The molecule has 2 aromatic heterocycles. The Morgan fingerprint density at radius 2 is 0.551 bits per heavy atom. The Morgan fingerprint density at radius 3 is 0.932 bits per heavy atom. The number of benzene rings is 14. The second kappa shape index (κ2) is 25.7. The molecule has 4 nitrogen and oxygen atoms in total. The largest absolute Gasteiger partial charge is 0.311 e. The van der Waals surface area contributed by atoms with Gasteiger partial charge in [-0.2, -0.15) is 0 Å². The van der Waals surface area contributed by atoms with Crippen LogP contribution in [-0.4, -0.2) is 15.8 Å². The van der Waals surface area contributed by atoms with E-state index in [0.717, 1.165) is 34.1 Å². The average molecular weight is 1530 g/mol. The Kier molecular flexibility index (Phi) is 16.3. The molecule has 0 amide bonds. The minimum Gasteiger partial charge on any atom is -0.311 e. The monoisotopic (exact) mass is 1530 g/mol. The molecule has 118 heavy (non-hydrogen) atoms. The summed E-state index contributed by atoms with van der Waals surface area (Å²) in [6.07, 6.45) is 0. The van der Waals surface area contributed by atoms with Crippen molar-refractivity contribution >= 4 is 101 Å². The van der Waals surface area contributed by atoms with Crippen molar-refractivity contribution in [1.29, 1.82) is 0 Å². The number of rotatable bonds is 6. The van der Waals surface area contributed by atoms with Crippen LogP contribution in [0.4, 0.5) is 34.1 Å². The summed E-state index contributed by atoms with van der Waals surface area (Å²) in [6.45, 7) is 49.9. The second-order valence-electron chi connectivity index (χ2n) is 41.9. The van der Waals surface area contributed by atoms with Crippen molar-refractivity contribution in [2.45, 2.75) is 189 Å². The highest BCUT2D eigenvalue weighted by atomic mass is 15.2. The molecule has 16 aromatic rings. The van der Waals surface area contributed by atoms with Crippen LogP contribution in [-0.2, 0) is 43.3 Å². The van der Waals surface area contributed by atoms with Gasteiger partial charge in [0.25, 0.3) is 6.71 Å². The average Bonchev–Trinajstić information content (AvgIpc) is 1.44. The Morgan fingerprint density at radius 1 is 0.220 bits per heavy atom. The first-order valence-corrected chi connectivity index (χ1v) is 43.0. The molecule has 1 spiro atoms. The first-order valence-electron chi connectivity index (χ1n) is 43.0. The first-order chi connectivity index (χ1) is 55.9. The van der Waals surface area contributed by atoms with E-state index in [-0.39, 0.29) is 44.6 Å². The van der Waals surface area contributed by atoms with E-state index in [1.54, 1.807) is 0 Å². The summed E-state index contributed by atoms with van der Waals surface area (Å²) in [4.78, 5) is 5.50. The zero-order valence-electron chi connectivity index (χ0n) is 72.9. The van der Waals surface area contributed by atoms with Crippen LogP contribution in [0.1, 0.15) is 207 Å². The predicted molar refractivity (Wildman–Crippen MR) is 507 cm³/mol. The standard InChI is InChI=1S/C113H109BN4/c1-106(2,3)70-46-52-98(85(60-70)68-54-72(108(7,8)9)58-73(55-68)109(10,11)12)117-101-64-77(115-95-43-31-25-37-82(95)83-38-26-32-44-96(83)115)48-50-93(101)114-94-51-49-78(116-97-45-33-27-39-84(97)88-66-87-81-36-24-30-42-91(81)113(92(87)67-100(88)116)89-40-28-22-34-79(89)80-35-23-29-41-90(80)113)65-102(94)118(104-63-76(112(19,20)21)62-103(117)105(104)114)99-53-47-71(107(4,5)6)61-86(99)69-56-74(110(13,14)15)59-75(57-69)111(16,17)18/h22-67H,1-21H3. The smallest absolute Gasteiger partial charge is 0.252 e. The molecule has 584 valence electrons. The van der Waals surface area contributed by atoms with Crippen LogP contribution in [0.25, 0.3) is 99.5 Å². The van der Waals surface area contributed by atoms with E-state index >= 15 is 0 Å². The van der Waals surface area contributed by atoms with E-state index in [1.807, 2.05) is 0 Å². The van der Waals surface area contributed by atoms with E-state index in [9.17, 15) is 0 Å². The van der Waals surface area contributed by atoms with Crippen LogP contribution in [0, 0.1) is 0 Å². The fourth-order valence-corrected chi connectivity index (χ4v) is 20.4. The van der Waals surface area contributed by atoms with Crippen LogP contribution in [0.15, 0.2) is 279 Å². The molecular weight excluding hydrogens is 1420 g/mol. The van der Waals surface area contributed by atoms with Gasteiger partial charge in [-0.15, -0.1) is 0 Å². The second-order valence-corrected chi connectivity index (χ2v) is 41.9. The lowest BCUT2D eigenvalue weighted by Gasteiger charge is -2.46. The molecule has 0 fully saturated rings. The summed E-state index contributed by atoms with van der Waals surface area (Å²) in [5.74, 6) is 0. The molecule has 4 heterocycles. The lowest BCUT2D eigenvalue weighted by Crippen LogP contribution is -2.61. The van der Waals surface area contributed by atoms with Gasteiger partial charge in [-0.25, -0.2) is 0 Å². The topological polar surface area (TPSA) is 16.3 Å². The number of nitrogens with zero attached hydrogens (tertiary/aromatic N) is 4. The third-order valence-electron chi connectivity index (χ3n) is 26.9. The Balaban J connectivity index is 0.933. The third kappa shape index (κ3) is 11.4. The number of para-hydroxylation sites is 3. The molecular formula is C113H109BN4. The molecule has 0 radical (unpaired) electrons. The maximum Gasteiger partial charge on any atom is 0.252 e. The van der Waals surface area contributed by atoms with Gasteiger partial charge in [0.1, 0.15) is 0 Å². The lowest BCUT2D eigenvalue weighted by atomic mass is 9.33. The molecule has 0 atom stereocenters. The van der Waals surface area contributed by atoms with Gasteiger partial charge >= 0.3 is 0 Å². The van der Waals surface area contributed by atoms with Gasteiger partial charge in [-0.05, 0) is 240 Å². The first kappa shape index (κ1) is 75.1. The highest BCUT2D eigenvalue weighted by Crippen LogP contribution is 2.64. The van der Waals surface area contributed by atoms with Crippen LogP contribution < -0.4 is 26.2 Å². The fourth-order valence-electron chi connectivity index (χ4n) is 20.4. The summed E-state index contributed by atoms with van der Waals surface area (Å²) >= 11 is 0. The molecule has 4 aliphatic rings. The highest BCUT2D eigenvalue weighted by Gasteiger charge is 2.53. The zero-order valence-corrected chi connectivity index (χ0v) is 72.9. The molecule has 20 rings (SSSR count). The normalized spacial score (nSPS) is 14.3. The summed E-state index contributed by atoms with van der Waals surface area (Å²) in [7, 11) is 0. The molecule has 5 heteroatoms. The van der Waals surface area contributed by atoms with Gasteiger partial charge in [0.15, 0.2) is 0 Å². The molecule has 2 aliphatic heterocycles. The summed E-state index contributed by atoms with van der Waals surface area (Å²) in [5.41, 5.74) is 40.6. The number of fused-ring (bicyclic) bond motifs is 20. The molecule has 0 unspecified atom stereocenters. The third-order valence-corrected chi connectivity index (χ3v) is 26.9. The van der Waals surface area contributed by atoms with Crippen molar-refractivity contribution in [3.05, 3.63) is 340 Å². The van der Waals surface area contributed by atoms with Gasteiger partial charge in [0.2, 0.25) is 0 Å². The van der Waals surface area contributed by atoms with Crippen LogP contribution in [0.2, 0.25) is 0 Å². The van der Waals surface area contributed by atoms with E-state index in [4.69, 9.17) is 0 Å². The van der Waals surface area contributed by atoms with Gasteiger partial charge in [0.05, 0.1) is 38.9 Å². The van der Waals surface area contributed by atoms with E-state index in [1.165, 1.54) is 177 Å². The minimum atomic E-state index is -0.537. The van der Waals surface area contributed by atoms with Crippen LogP contribution >= 0.6 is 0 Å². The Hall–Kier alpha value is -11.7. The van der Waals surface area contributed by atoms with Crippen LogP contribution in [0.5, 0.6) is 0 Å². The summed E-state index contributed by atoms with van der Waals surface area (Å²) < 4.78 is 5.15. The Labute approximate surface area is 700 Å². The lowest BCUT2D eigenvalue weighted by molar-refractivity contribution is 0.568. The number of hydrogen-bond acceptors (Lipinski definition) is 2. The Bertz CT molecular complexity index is 6770. The van der Waals surface area contributed by atoms with Gasteiger partial charge in [-0.1, -0.05) is 333 Å². The maximum absolute atomic E-state index is 2.76. The van der Waals surface area contributed by atoms with Crippen molar-refractivity contribution in [1.82, 2.24) is 9.13 Å². The van der Waals surface area contributed by atoms with Crippen molar-refractivity contribution in [3.8, 4) is 55.9 Å². The van der Waals surface area contributed by atoms with Gasteiger partial charge < -0.3 is 18.9 Å². The van der Waals surface area contributed by atoms with E-state index in [0.29, 0.717) is 0 Å². The highest BCUT2D eigenvalue weighted by molar-refractivity contribution is 7.00. The molecule has 0 saturated heterocycles.